The Morgan fingerprint density at radius 3 is 2.74 bits per heavy atom. The molecular weight excluding hydrogens is 294 g/mol. The highest BCUT2D eigenvalue weighted by Gasteiger charge is 2.10. The molecular formula is C17H15N3O3. The molecule has 2 N–H and O–H groups in total. The van der Waals surface area contributed by atoms with E-state index in [0.717, 1.165) is 5.56 Å². The van der Waals surface area contributed by atoms with Crippen LogP contribution in [0.15, 0.2) is 53.6 Å². The Balaban J connectivity index is 1.87. The van der Waals surface area contributed by atoms with Crippen molar-refractivity contribution < 1.29 is 9.53 Å². The van der Waals surface area contributed by atoms with E-state index in [1.807, 2.05) is 12.1 Å². The lowest BCUT2D eigenvalue weighted by Gasteiger charge is -2.07. The van der Waals surface area contributed by atoms with Crippen molar-refractivity contribution in [3.8, 4) is 5.75 Å². The van der Waals surface area contributed by atoms with Gasteiger partial charge in [0.1, 0.15) is 11.4 Å². The molecule has 116 valence electrons. The molecule has 1 aromatic carbocycles. The van der Waals surface area contributed by atoms with Crippen molar-refractivity contribution >= 4 is 16.7 Å². The lowest BCUT2D eigenvalue weighted by atomic mass is 10.1. The molecule has 0 unspecified atom stereocenters. The Morgan fingerprint density at radius 1 is 1.22 bits per heavy atom. The van der Waals surface area contributed by atoms with Gasteiger partial charge in [0.25, 0.3) is 11.5 Å². The van der Waals surface area contributed by atoms with Crippen LogP contribution in [0.1, 0.15) is 16.1 Å². The number of hydrogen-bond donors (Lipinski definition) is 2. The summed E-state index contributed by atoms with van der Waals surface area (Å²) in [6.45, 7) is 0.361. The van der Waals surface area contributed by atoms with Gasteiger partial charge >= 0.3 is 0 Å². The van der Waals surface area contributed by atoms with Crippen molar-refractivity contribution in [3.63, 3.8) is 0 Å². The fraction of sp³-hybridized carbons (Fsp3) is 0.118. The van der Waals surface area contributed by atoms with Crippen LogP contribution in [0.3, 0.4) is 0 Å². The third-order valence-electron chi connectivity index (χ3n) is 3.50. The summed E-state index contributed by atoms with van der Waals surface area (Å²) >= 11 is 0. The number of nitrogens with zero attached hydrogens (tertiary/aromatic N) is 1. The second-order valence-corrected chi connectivity index (χ2v) is 5.00. The van der Waals surface area contributed by atoms with Crippen LogP contribution < -0.4 is 15.6 Å². The number of carbonyl (C=O) groups is 1. The van der Waals surface area contributed by atoms with E-state index in [9.17, 15) is 9.59 Å². The maximum atomic E-state index is 12.2. The summed E-state index contributed by atoms with van der Waals surface area (Å²) in [5.41, 5.74) is 0.835. The van der Waals surface area contributed by atoms with Gasteiger partial charge in [-0.3, -0.25) is 14.6 Å². The van der Waals surface area contributed by atoms with Crippen LogP contribution >= 0.6 is 0 Å². The number of amides is 1. The van der Waals surface area contributed by atoms with E-state index < -0.39 is 0 Å². The molecule has 2 heterocycles. The maximum Gasteiger partial charge on any atom is 0.268 e. The van der Waals surface area contributed by atoms with Crippen LogP contribution in [0.2, 0.25) is 0 Å². The normalized spacial score (nSPS) is 10.5. The molecule has 0 aliphatic heterocycles. The van der Waals surface area contributed by atoms with Crippen molar-refractivity contribution in [2.24, 2.45) is 0 Å². The molecule has 1 amide bonds. The fourth-order valence-corrected chi connectivity index (χ4v) is 2.28. The number of nitrogens with one attached hydrogen (secondary N) is 2. The summed E-state index contributed by atoms with van der Waals surface area (Å²) in [5, 5.41) is 3.93. The van der Waals surface area contributed by atoms with E-state index in [2.05, 4.69) is 15.3 Å². The van der Waals surface area contributed by atoms with Gasteiger partial charge in [-0.15, -0.1) is 0 Å². The van der Waals surface area contributed by atoms with Crippen LogP contribution in [0.4, 0.5) is 0 Å². The highest BCUT2D eigenvalue weighted by molar-refractivity contribution is 5.96. The third-order valence-corrected chi connectivity index (χ3v) is 3.50. The zero-order valence-electron chi connectivity index (χ0n) is 12.5. The largest absolute Gasteiger partial charge is 0.497 e. The van der Waals surface area contributed by atoms with E-state index in [4.69, 9.17) is 4.74 Å². The van der Waals surface area contributed by atoms with E-state index in [1.165, 1.54) is 0 Å². The number of aromatic nitrogens is 2. The predicted molar refractivity (Wildman–Crippen MR) is 86.5 cm³/mol. The zero-order chi connectivity index (χ0) is 16.2. The minimum Gasteiger partial charge on any atom is -0.497 e. The number of H-pyrrole nitrogens is 1. The maximum absolute atomic E-state index is 12.2. The van der Waals surface area contributed by atoms with Crippen molar-refractivity contribution in [3.05, 3.63) is 70.4 Å². The molecule has 2 aromatic heterocycles. The van der Waals surface area contributed by atoms with Gasteiger partial charge in [-0.1, -0.05) is 0 Å². The number of ether oxygens (including phenoxy) is 1. The molecule has 6 heteroatoms. The molecule has 3 aromatic rings. The number of aromatic amines is 1. The van der Waals surface area contributed by atoms with Crippen LogP contribution in [0, 0.1) is 0 Å². The van der Waals surface area contributed by atoms with Crippen LogP contribution in [-0.2, 0) is 6.54 Å². The molecule has 0 aliphatic carbocycles. The molecule has 3 rings (SSSR count). The van der Waals surface area contributed by atoms with Crippen molar-refractivity contribution in [2.75, 3.05) is 7.11 Å². The number of pyridine rings is 2. The summed E-state index contributed by atoms with van der Waals surface area (Å²) in [7, 11) is 1.55. The smallest absolute Gasteiger partial charge is 0.268 e. The summed E-state index contributed by atoms with van der Waals surface area (Å²) < 4.78 is 5.15. The van der Waals surface area contributed by atoms with E-state index >= 15 is 0 Å². The quantitative estimate of drug-likeness (QED) is 0.770. The fourth-order valence-electron chi connectivity index (χ4n) is 2.28. The lowest BCUT2D eigenvalue weighted by molar-refractivity contribution is 0.0946. The first kappa shape index (κ1) is 14.8. The van der Waals surface area contributed by atoms with Crippen molar-refractivity contribution in [1.29, 1.82) is 0 Å². The third kappa shape index (κ3) is 3.21. The molecule has 0 radical (unpaired) electrons. The predicted octanol–water partition coefficient (Wildman–Crippen LogP) is 1.86. The van der Waals surface area contributed by atoms with Crippen molar-refractivity contribution in [2.45, 2.75) is 6.54 Å². The Morgan fingerprint density at radius 2 is 2.00 bits per heavy atom. The molecule has 23 heavy (non-hydrogen) atoms. The van der Waals surface area contributed by atoms with Crippen LogP contribution in [0.25, 0.3) is 10.8 Å². The van der Waals surface area contributed by atoms with E-state index in [0.29, 0.717) is 23.1 Å². The van der Waals surface area contributed by atoms with Gasteiger partial charge < -0.3 is 15.0 Å². The first-order chi connectivity index (χ1) is 11.2. The Bertz CT molecular complexity index is 904. The molecule has 0 fully saturated rings. The number of rotatable bonds is 4. The number of methoxy groups -OCH3 is 1. The van der Waals surface area contributed by atoms with Gasteiger partial charge in [-0.25, -0.2) is 0 Å². The van der Waals surface area contributed by atoms with E-state index in [-0.39, 0.29) is 17.2 Å². The standard InChI is InChI=1S/C17H15N3O3/c1-23-13-2-3-14-12(8-13)9-15(20-16(14)21)17(22)19-10-11-4-6-18-7-5-11/h2-9H,10H2,1H3,(H,19,22)(H,20,21). The SMILES string of the molecule is COc1ccc2c(=O)[nH]c(C(=O)NCc3ccncc3)cc2c1. The molecule has 0 atom stereocenters. The Labute approximate surface area is 132 Å². The van der Waals surface area contributed by atoms with Gasteiger partial charge in [0, 0.05) is 24.3 Å². The lowest BCUT2D eigenvalue weighted by Crippen LogP contribution is -2.26. The molecule has 0 bridgehead atoms. The molecule has 0 spiro atoms. The summed E-state index contributed by atoms with van der Waals surface area (Å²) in [4.78, 5) is 30.9. The molecule has 6 nitrogen and oxygen atoms in total. The minimum atomic E-state index is -0.344. The molecule has 0 saturated heterocycles. The Hall–Kier alpha value is -3.15. The highest BCUT2D eigenvalue weighted by Crippen LogP contribution is 2.18. The van der Waals surface area contributed by atoms with Crippen molar-refractivity contribution in [1.82, 2.24) is 15.3 Å². The van der Waals surface area contributed by atoms with Crippen LogP contribution in [0.5, 0.6) is 5.75 Å². The highest BCUT2D eigenvalue weighted by atomic mass is 16.5. The average molecular weight is 309 g/mol. The minimum absolute atomic E-state index is 0.213. The van der Waals surface area contributed by atoms with Gasteiger partial charge in [0.15, 0.2) is 0 Å². The molecule has 0 saturated carbocycles. The monoisotopic (exact) mass is 309 g/mol. The second kappa shape index (κ2) is 6.31. The van der Waals surface area contributed by atoms with Gasteiger partial charge in [-0.2, -0.15) is 0 Å². The van der Waals surface area contributed by atoms with Gasteiger partial charge in [0.2, 0.25) is 0 Å². The number of carbonyl (C=O) groups excluding carboxylic acids is 1. The average Bonchev–Trinajstić information content (AvgIpc) is 2.60. The number of fused-ring (bicyclic) bond motifs is 1. The van der Waals surface area contributed by atoms with Crippen LogP contribution in [-0.4, -0.2) is 23.0 Å². The van der Waals surface area contributed by atoms with Gasteiger partial charge in [-0.05, 0) is 47.3 Å². The first-order valence-electron chi connectivity index (χ1n) is 7.05. The first-order valence-corrected chi connectivity index (χ1v) is 7.05. The summed E-state index contributed by atoms with van der Waals surface area (Å²) in [6.07, 6.45) is 3.32. The molecule has 0 aliphatic rings. The van der Waals surface area contributed by atoms with Gasteiger partial charge in [0.05, 0.1) is 7.11 Å². The van der Waals surface area contributed by atoms with E-state index in [1.54, 1.807) is 43.8 Å². The summed E-state index contributed by atoms with van der Waals surface area (Å²) in [6, 6.07) is 10.4. The number of benzene rings is 1. The second-order valence-electron chi connectivity index (χ2n) is 5.00. The zero-order valence-corrected chi connectivity index (χ0v) is 12.5. The topological polar surface area (TPSA) is 84.1 Å². The number of hydrogen-bond acceptors (Lipinski definition) is 4. The summed E-state index contributed by atoms with van der Waals surface area (Å²) in [5.74, 6) is 0.287. The Kier molecular flexibility index (Phi) is 4.05.